The van der Waals surface area contributed by atoms with E-state index in [0.717, 1.165) is 4.47 Å². The van der Waals surface area contributed by atoms with E-state index < -0.39 is 18.0 Å². The molecule has 1 heterocycles. The van der Waals surface area contributed by atoms with E-state index in [-0.39, 0.29) is 6.79 Å². The van der Waals surface area contributed by atoms with E-state index in [0.29, 0.717) is 22.7 Å². The van der Waals surface area contributed by atoms with Crippen molar-refractivity contribution in [1.29, 1.82) is 0 Å². The van der Waals surface area contributed by atoms with Crippen LogP contribution in [0.1, 0.15) is 17.3 Å². The van der Waals surface area contributed by atoms with Crippen LogP contribution in [0.25, 0.3) is 0 Å². The van der Waals surface area contributed by atoms with E-state index in [9.17, 15) is 9.59 Å². The van der Waals surface area contributed by atoms with Crippen molar-refractivity contribution in [2.24, 2.45) is 0 Å². The molecule has 0 saturated carbocycles. The predicted molar refractivity (Wildman–Crippen MR) is 90.2 cm³/mol. The number of carbonyl (C=O) groups excluding carboxylic acids is 2. The van der Waals surface area contributed by atoms with Crippen LogP contribution in [0.2, 0.25) is 0 Å². The molecule has 2 aromatic rings. The summed E-state index contributed by atoms with van der Waals surface area (Å²) >= 11 is 3.32. The topological polar surface area (TPSA) is 73.9 Å². The lowest BCUT2D eigenvalue weighted by Crippen LogP contribution is -2.29. The van der Waals surface area contributed by atoms with Crippen molar-refractivity contribution in [2.75, 3.05) is 12.1 Å². The first-order chi connectivity index (χ1) is 11.5. The number of hydrogen-bond donors (Lipinski definition) is 1. The summed E-state index contributed by atoms with van der Waals surface area (Å²) in [6.45, 7) is 1.64. The monoisotopic (exact) mass is 391 g/mol. The first-order valence-corrected chi connectivity index (χ1v) is 7.99. The van der Waals surface area contributed by atoms with Crippen molar-refractivity contribution < 1.29 is 23.8 Å². The number of hydrogen-bond acceptors (Lipinski definition) is 5. The van der Waals surface area contributed by atoms with Crippen LogP contribution < -0.4 is 14.8 Å². The Labute approximate surface area is 146 Å². The van der Waals surface area contributed by atoms with Crippen molar-refractivity contribution in [3.63, 3.8) is 0 Å². The molecule has 0 bridgehead atoms. The molecule has 0 unspecified atom stereocenters. The van der Waals surface area contributed by atoms with Crippen LogP contribution in [-0.4, -0.2) is 24.8 Å². The number of fused-ring (bicyclic) bond motifs is 1. The van der Waals surface area contributed by atoms with E-state index >= 15 is 0 Å². The Morgan fingerprint density at radius 2 is 1.83 bits per heavy atom. The molecule has 0 saturated heterocycles. The summed E-state index contributed by atoms with van der Waals surface area (Å²) in [4.78, 5) is 24.3. The fourth-order valence-corrected chi connectivity index (χ4v) is 2.35. The lowest BCUT2D eigenvalue weighted by Gasteiger charge is -2.13. The van der Waals surface area contributed by atoms with Crippen LogP contribution in [-0.2, 0) is 9.53 Å². The molecule has 0 spiro atoms. The van der Waals surface area contributed by atoms with Crippen LogP contribution in [0.5, 0.6) is 11.5 Å². The molecule has 2 aromatic carbocycles. The number of ether oxygens (including phenoxy) is 3. The SMILES string of the molecule is C[C@@H](OC(=O)c1ccc2c(c1)OCO2)C(=O)Nc1ccc(Br)cc1. The third kappa shape index (κ3) is 3.68. The molecule has 3 rings (SSSR count). The van der Waals surface area contributed by atoms with Gasteiger partial charge in [0.15, 0.2) is 17.6 Å². The van der Waals surface area contributed by atoms with Crippen molar-refractivity contribution in [1.82, 2.24) is 0 Å². The molecule has 0 aromatic heterocycles. The summed E-state index contributed by atoms with van der Waals surface area (Å²) in [5, 5.41) is 2.69. The summed E-state index contributed by atoms with van der Waals surface area (Å²) in [7, 11) is 0. The van der Waals surface area contributed by atoms with Gasteiger partial charge in [-0.3, -0.25) is 4.79 Å². The fourth-order valence-electron chi connectivity index (χ4n) is 2.08. The Balaban J connectivity index is 1.61. The summed E-state index contributed by atoms with van der Waals surface area (Å²) in [5.41, 5.74) is 0.914. The van der Waals surface area contributed by atoms with Gasteiger partial charge in [-0.15, -0.1) is 0 Å². The highest BCUT2D eigenvalue weighted by molar-refractivity contribution is 9.10. The van der Waals surface area contributed by atoms with Crippen LogP contribution in [0.3, 0.4) is 0 Å². The van der Waals surface area contributed by atoms with Gasteiger partial charge < -0.3 is 19.5 Å². The average molecular weight is 392 g/mol. The van der Waals surface area contributed by atoms with E-state index in [4.69, 9.17) is 14.2 Å². The van der Waals surface area contributed by atoms with Crippen molar-refractivity contribution in [3.05, 3.63) is 52.5 Å². The lowest BCUT2D eigenvalue weighted by molar-refractivity contribution is -0.123. The van der Waals surface area contributed by atoms with Gasteiger partial charge in [0.1, 0.15) is 0 Å². The van der Waals surface area contributed by atoms with Gasteiger partial charge in [-0.25, -0.2) is 4.79 Å². The third-order valence-corrected chi connectivity index (χ3v) is 3.90. The van der Waals surface area contributed by atoms with Gasteiger partial charge in [-0.05, 0) is 49.4 Å². The Kier molecular flexibility index (Phi) is 4.71. The molecule has 1 aliphatic heterocycles. The summed E-state index contributed by atoms with van der Waals surface area (Å²) in [6.07, 6.45) is -0.938. The van der Waals surface area contributed by atoms with E-state index in [1.165, 1.54) is 13.0 Å². The second-order valence-electron chi connectivity index (χ2n) is 5.11. The highest BCUT2D eigenvalue weighted by atomic mass is 79.9. The summed E-state index contributed by atoms with van der Waals surface area (Å²) < 4.78 is 16.5. The zero-order valence-corrected chi connectivity index (χ0v) is 14.3. The van der Waals surface area contributed by atoms with Crippen LogP contribution in [0, 0.1) is 0 Å². The van der Waals surface area contributed by atoms with Gasteiger partial charge in [0.05, 0.1) is 5.56 Å². The molecular formula is C17H14BrNO5. The molecule has 1 atom stereocenters. The number of halogens is 1. The maximum absolute atomic E-state index is 12.2. The molecule has 24 heavy (non-hydrogen) atoms. The molecule has 124 valence electrons. The van der Waals surface area contributed by atoms with Gasteiger partial charge in [-0.1, -0.05) is 15.9 Å². The Morgan fingerprint density at radius 1 is 1.12 bits per heavy atom. The maximum atomic E-state index is 12.2. The Bertz CT molecular complexity index is 775. The number of nitrogens with one attached hydrogen (secondary N) is 1. The minimum Gasteiger partial charge on any atom is -0.454 e. The van der Waals surface area contributed by atoms with Crippen molar-refractivity contribution in [2.45, 2.75) is 13.0 Å². The molecule has 1 aliphatic rings. The van der Waals surface area contributed by atoms with Crippen LogP contribution in [0.4, 0.5) is 5.69 Å². The molecule has 0 aliphatic carbocycles. The molecule has 1 N–H and O–H groups in total. The highest BCUT2D eigenvalue weighted by Crippen LogP contribution is 2.32. The van der Waals surface area contributed by atoms with Gasteiger partial charge in [-0.2, -0.15) is 0 Å². The van der Waals surface area contributed by atoms with Crippen molar-refractivity contribution >= 4 is 33.5 Å². The highest BCUT2D eigenvalue weighted by Gasteiger charge is 2.21. The smallest absolute Gasteiger partial charge is 0.339 e. The van der Waals surface area contributed by atoms with Gasteiger partial charge >= 0.3 is 5.97 Å². The minimum atomic E-state index is -0.938. The maximum Gasteiger partial charge on any atom is 0.339 e. The zero-order valence-electron chi connectivity index (χ0n) is 12.7. The molecule has 0 radical (unpaired) electrons. The largest absolute Gasteiger partial charge is 0.454 e. The number of rotatable bonds is 4. The quantitative estimate of drug-likeness (QED) is 0.808. The van der Waals surface area contributed by atoms with Crippen LogP contribution in [0.15, 0.2) is 46.9 Å². The normalized spacial score (nSPS) is 13.2. The van der Waals surface area contributed by atoms with Crippen molar-refractivity contribution in [3.8, 4) is 11.5 Å². The minimum absolute atomic E-state index is 0.125. The third-order valence-electron chi connectivity index (χ3n) is 3.37. The van der Waals surface area contributed by atoms with E-state index in [1.807, 2.05) is 0 Å². The molecule has 6 nitrogen and oxygen atoms in total. The van der Waals surface area contributed by atoms with Gasteiger partial charge in [0.2, 0.25) is 6.79 Å². The first kappa shape index (κ1) is 16.3. The number of esters is 1. The number of anilines is 1. The predicted octanol–water partition coefficient (Wildman–Crippen LogP) is 3.36. The van der Waals surface area contributed by atoms with Crippen LogP contribution >= 0.6 is 15.9 Å². The number of amides is 1. The number of benzene rings is 2. The molecular weight excluding hydrogens is 378 g/mol. The van der Waals surface area contributed by atoms with E-state index in [2.05, 4.69) is 21.2 Å². The summed E-state index contributed by atoms with van der Waals surface area (Å²) in [6, 6.07) is 11.8. The number of carbonyl (C=O) groups is 2. The second kappa shape index (κ2) is 6.92. The average Bonchev–Trinajstić information content (AvgIpc) is 3.04. The standard InChI is InChI=1S/C17H14BrNO5/c1-10(16(20)19-13-5-3-12(18)4-6-13)24-17(21)11-2-7-14-15(8-11)23-9-22-14/h2-8,10H,9H2,1H3,(H,19,20)/t10-/m1/s1. The molecule has 0 fully saturated rings. The Morgan fingerprint density at radius 3 is 2.58 bits per heavy atom. The van der Waals surface area contributed by atoms with Gasteiger partial charge in [0, 0.05) is 10.2 Å². The zero-order chi connectivity index (χ0) is 17.1. The van der Waals surface area contributed by atoms with Gasteiger partial charge in [0.25, 0.3) is 5.91 Å². The molecule has 1 amide bonds. The Hall–Kier alpha value is -2.54. The molecule has 7 heteroatoms. The lowest BCUT2D eigenvalue weighted by atomic mass is 10.2. The summed E-state index contributed by atoms with van der Waals surface area (Å²) in [5.74, 6) is 0.0437. The fraction of sp³-hybridized carbons (Fsp3) is 0.176. The van der Waals surface area contributed by atoms with E-state index in [1.54, 1.807) is 36.4 Å². The second-order valence-corrected chi connectivity index (χ2v) is 6.03. The first-order valence-electron chi connectivity index (χ1n) is 7.20.